The van der Waals surface area contributed by atoms with Gasteiger partial charge in [0.15, 0.2) is 0 Å². The summed E-state index contributed by atoms with van der Waals surface area (Å²) in [6.07, 6.45) is 5.91. The Bertz CT molecular complexity index is 1200. The summed E-state index contributed by atoms with van der Waals surface area (Å²) in [6, 6.07) is 5.42. The third-order valence-electron chi connectivity index (χ3n) is 3.88. The predicted octanol–water partition coefficient (Wildman–Crippen LogP) is 1.40. The normalized spacial score (nSPS) is 12.3. The maximum Gasteiger partial charge on any atom is 0.346 e. The van der Waals surface area contributed by atoms with Crippen LogP contribution in [0.3, 0.4) is 0 Å². The zero-order chi connectivity index (χ0) is 21.0. The van der Waals surface area contributed by atoms with Crippen molar-refractivity contribution in [2.24, 2.45) is 5.73 Å². The van der Waals surface area contributed by atoms with Crippen LogP contribution in [0.25, 0.3) is 10.4 Å². The minimum absolute atomic E-state index is 0.000319. The zero-order valence-corrected chi connectivity index (χ0v) is 17.1. The summed E-state index contributed by atoms with van der Waals surface area (Å²) in [5.41, 5.74) is 6.44. The van der Waals surface area contributed by atoms with Crippen LogP contribution in [-0.2, 0) is 23.1 Å². The molecule has 0 amide bonds. The van der Waals surface area contributed by atoms with Crippen LogP contribution in [0.4, 0.5) is 10.1 Å². The number of hydrogen-bond donors (Lipinski definition) is 2. The van der Waals surface area contributed by atoms with Crippen molar-refractivity contribution in [1.29, 1.82) is 0 Å². The topological polar surface area (TPSA) is 125 Å². The van der Waals surface area contributed by atoms with Crippen molar-refractivity contribution < 1.29 is 12.8 Å². The Balaban J connectivity index is 1.77. The first-order valence-electron chi connectivity index (χ1n) is 8.41. The molecule has 0 aromatic carbocycles. The van der Waals surface area contributed by atoms with E-state index in [9.17, 15) is 17.6 Å². The first-order chi connectivity index (χ1) is 13.8. The van der Waals surface area contributed by atoms with Crippen LogP contribution in [0.1, 0.15) is 4.88 Å². The van der Waals surface area contributed by atoms with E-state index in [-0.39, 0.29) is 24.4 Å². The van der Waals surface area contributed by atoms with Gasteiger partial charge in [-0.2, -0.15) is 5.10 Å². The van der Waals surface area contributed by atoms with Gasteiger partial charge in [-0.3, -0.25) is 14.3 Å². The molecule has 0 aliphatic heterocycles. The molecule has 3 heterocycles. The van der Waals surface area contributed by atoms with Crippen LogP contribution in [0, 0.1) is 0 Å². The number of rotatable bonds is 8. The lowest BCUT2D eigenvalue weighted by Gasteiger charge is -2.04. The Hall–Kier alpha value is -2.83. The average Bonchev–Trinajstić information content (AvgIpc) is 3.27. The lowest BCUT2D eigenvalue weighted by Crippen LogP contribution is -2.26. The van der Waals surface area contributed by atoms with E-state index in [2.05, 4.69) is 14.8 Å². The summed E-state index contributed by atoms with van der Waals surface area (Å²) in [7, 11) is -3.40. The molecule has 0 radical (unpaired) electrons. The molecular formula is C17H19FN6O3S2. The van der Waals surface area contributed by atoms with E-state index in [1.54, 1.807) is 12.3 Å². The maximum absolute atomic E-state index is 12.7. The molecule has 0 bridgehead atoms. The van der Waals surface area contributed by atoms with Gasteiger partial charge in [0.05, 0.1) is 37.6 Å². The molecule has 3 aromatic rings. The second kappa shape index (κ2) is 8.68. The van der Waals surface area contributed by atoms with Gasteiger partial charge in [0.25, 0.3) is 0 Å². The van der Waals surface area contributed by atoms with Crippen molar-refractivity contribution in [1.82, 2.24) is 19.3 Å². The van der Waals surface area contributed by atoms with Gasteiger partial charge in [-0.25, -0.2) is 22.3 Å². The summed E-state index contributed by atoms with van der Waals surface area (Å²) in [6.45, 7) is 0.307. The van der Waals surface area contributed by atoms with Gasteiger partial charge in [-0.15, -0.1) is 11.3 Å². The maximum atomic E-state index is 12.7. The monoisotopic (exact) mass is 438 g/mol. The molecule has 0 saturated heterocycles. The van der Waals surface area contributed by atoms with Crippen LogP contribution in [-0.4, -0.2) is 40.5 Å². The number of nitrogens with two attached hydrogens (primary N) is 1. The Kier molecular flexibility index (Phi) is 6.25. The molecule has 154 valence electrons. The van der Waals surface area contributed by atoms with Gasteiger partial charge in [0.1, 0.15) is 6.33 Å². The molecule has 0 atom stereocenters. The van der Waals surface area contributed by atoms with Crippen LogP contribution in [0.15, 0.2) is 53.6 Å². The van der Waals surface area contributed by atoms with Crippen molar-refractivity contribution in [2.75, 3.05) is 17.5 Å². The van der Waals surface area contributed by atoms with E-state index < -0.39 is 10.0 Å². The Morgan fingerprint density at radius 2 is 2.17 bits per heavy atom. The molecule has 0 aliphatic rings. The minimum atomic E-state index is -3.40. The molecule has 0 aliphatic carbocycles. The molecule has 9 nitrogen and oxygen atoms in total. The summed E-state index contributed by atoms with van der Waals surface area (Å²) in [5.74, 6) is 0. The largest absolute Gasteiger partial charge is 0.346 e. The second-order valence-corrected chi connectivity index (χ2v) is 9.19. The van der Waals surface area contributed by atoms with E-state index in [1.165, 1.54) is 28.4 Å². The fourth-order valence-electron chi connectivity index (χ4n) is 2.56. The predicted molar refractivity (Wildman–Crippen MR) is 110 cm³/mol. The highest BCUT2D eigenvalue weighted by atomic mass is 32.2. The Labute approximate surface area is 170 Å². The molecule has 3 rings (SSSR count). The summed E-state index contributed by atoms with van der Waals surface area (Å²) < 4.78 is 40.4. The summed E-state index contributed by atoms with van der Waals surface area (Å²) >= 11 is 1.44. The number of halogens is 1. The summed E-state index contributed by atoms with van der Waals surface area (Å²) in [5, 5.41) is 3.99. The Morgan fingerprint density at radius 1 is 1.38 bits per heavy atom. The fourth-order valence-corrected chi connectivity index (χ4v) is 4.08. The molecule has 0 saturated carbocycles. The third-order valence-corrected chi connectivity index (χ3v) is 5.61. The lowest BCUT2D eigenvalue weighted by atomic mass is 10.2. The highest BCUT2D eigenvalue weighted by Crippen LogP contribution is 2.29. The average molecular weight is 439 g/mol. The number of thiophene rings is 1. The third kappa shape index (κ3) is 5.37. The summed E-state index contributed by atoms with van der Waals surface area (Å²) in [4.78, 5) is 18.2. The number of sulfonamides is 1. The zero-order valence-electron chi connectivity index (χ0n) is 15.4. The van der Waals surface area contributed by atoms with Gasteiger partial charge in [-0.1, -0.05) is 0 Å². The van der Waals surface area contributed by atoms with E-state index >= 15 is 0 Å². The smallest absolute Gasteiger partial charge is 0.327 e. The van der Waals surface area contributed by atoms with E-state index in [0.29, 0.717) is 18.6 Å². The van der Waals surface area contributed by atoms with Gasteiger partial charge < -0.3 is 5.73 Å². The van der Waals surface area contributed by atoms with E-state index in [0.717, 1.165) is 26.3 Å². The number of hydrogen-bond acceptors (Lipinski definition) is 7. The molecule has 0 unspecified atom stereocenters. The first kappa shape index (κ1) is 20.9. The number of anilines is 1. The van der Waals surface area contributed by atoms with Crippen LogP contribution < -0.4 is 16.1 Å². The molecule has 0 spiro atoms. The first-order valence-corrected chi connectivity index (χ1v) is 11.1. The number of pyridine rings is 1. The van der Waals surface area contributed by atoms with E-state index in [4.69, 9.17) is 5.73 Å². The molecule has 12 heteroatoms. The van der Waals surface area contributed by atoms with Crippen LogP contribution in [0.2, 0.25) is 0 Å². The highest BCUT2D eigenvalue weighted by Gasteiger charge is 2.11. The molecule has 0 fully saturated rings. The van der Waals surface area contributed by atoms with Crippen molar-refractivity contribution >= 4 is 27.0 Å². The minimum Gasteiger partial charge on any atom is -0.327 e. The van der Waals surface area contributed by atoms with Crippen LogP contribution in [0.5, 0.6) is 0 Å². The number of nitrogens with one attached hydrogen (secondary N) is 1. The van der Waals surface area contributed by atoms with Crippen molar-refractivity contribution in [3.8, 4) is 10.4 Å². The lowest BCUT2D eigenvalue weighted by molar-refractivity contribution is 0.604. The van der Waals surface area contributed by atoms with Crippen molar-refractivity contribution in [3.05, 3.63) is 64.2 Å². The van der Waals surface area contributed by atoms with Gasteiger partial charge >= 0.3 is 5.69 Å². The molecule has 3 N–H and O–H groups in total. The van der Waals surface area contributed by atoms with Crippen LogP contribution >= 0.6 is 11.3 Å². The van der Waals surface area contributed by atoms with Crippen molar-refractivity contribution in [2.45, 2.75) is 13.1 Å². The van der Waals surface area contributed by atoms with E-state index in [1.807, 2.05) is 12.1 Å². The second-order valence-electron chi connectivity index (χ2n) is 6.27. The van der Waals surface area contributed by atoms with Crippen molar-refractivity contribution in [3.63, 3.8) is 0 Å². The molecular weight excluding hydrogens is 419 g/mol. The molecule has 3 aromatic heterocycles. The SMILES string of the molecule is CS(=O)(=O)Nc1cncc(-c2ccc(Cn3cnn(C/C(=C/F)CN)c3=O)s2)c1. The quantitative estimate of drug-likeness (QED) is 0.548. The van der Waals surface area contributed by atoms with Gasteiger partial charge in [0, 0.05) is 28.1 Å². The number of aromatic nitrogens is 4. The fraction of sp³-hybridized carbons (Fsp3) is 0.235. The Morgan fingerprint density at radius 3 is 2.86 bits per heavy atom. The number of nitrogens with zero attached hydrogens (tertiary/aromatic N) is 4. The highest BCUT2D eigenvalue weighted by molar-refractivity contribution is 7.92. The molecule has 29 heavy (non-hydrogen) atoms. The van der Waals surface area contributed by atoms with Gasteiger partial charge in [0.2, 0.25) is 10.0 Å². The standard InChI is InChI=1S/C17H19FN6O3S2/c1-29(26,27)22-14-4-13(7-20-8-14)16-3-2-15(28-16)10-23-11-21-24(17(23)25)9-12(5-18)6-19/h2-5,7-8,11,22H,6,9-10,19H2,1H3/b12-5+. The van der Waals surface area contributed by atoms with Gasteiger partial charge in [-0.05, 0) is 23.8 Å².